The van der Waals surface area contributed by atoms with E-state index in [1.54, 1.807) is 29.5 Å². The third-order valence-corrected chi connectivity index (χ3v) is 7.49. The van der Waals surface area contributed by atoms with Crippen LogP contribution in [-0.4, -0.2) is 23.0 Å². The van der Waals surface area contributed by atoms with Crippen LogP contribution in [0, 0.1) is 0 Å². The largest absolute Gasteiger partial charge is 0.507 e. The second-order valence-corrected chi connectivity index (χ2v) is 11.0. The van der Waals surface area contributed by atoms with Crippen LogP contribution in [0.5, 0.6) is 11.5 Å². The second-order valence-electron chi connectivity index (χ2n) is 7.24. The number of hydrogen-bond acceptors (Lipinski definition) is 7. The summed E-state index contributed by atoms with van der Waals surface area (Å²) in [6.45, 7) is 1.42. The molecule has 1 aliphatic rings. The molecule has 1 atom stereocenters. The van der Waals surface area contributed by atoms with E-state index in [0.29, 0.717) is 23.3 Å². The van der Waals surface area contributed by atoms with Crippen LogP contribution in [0.3, 0.4) is 0 Å². The summed E-state index contributed by atoms with van der Waals surface area (Å²) in [4.78, 5) is 34.7. The molecule has 1 aliphatic heterocycles. The minimum absolute atomic E-state index is 0.0284. The number of ketones is 2. The molecule has 3 heterocycles. The number of benzene rings is 2. The molecule has 1 unspecified atom stereocenters. The number of phenols is 1. The molecule has 0 spiro atoms. The molecule has 1 N–H and O–H groups in total. The van der Waals surface area contributed by atoms with Gasteiger partial charge >= 0.3 is 0 Å². The molecule has 35 heavy (non-hydrogen) atoms. The topological polar surface area (TPSA) is 80.7 Å². The number of carbonyl (C=O) groups is 3. The van der Waals surface area contributed by atoms with Gasteiger partial charge in [-0.15, -0.1) is 22.7 Å². The molecule has 9 heteroatoms. The third kappa shape index (κ3) is 7.70. The van der Waals surface area contributed by atoms with Crippen molar-refractivity contribution in [3.8, 4) is 11.5 Å². The van der Waals surface area contributed by atoms with E-state index in [0.717, 1.165) is 25.0 Å². The Kier molecular flexibility index (Phi) is 9.97. The number of Topliss-reactive ketones (excluding diaryl/α,β-unsaturated/α-hetero) is 2. The number of halogens is 2. The Labute approximate surface area is 227 Å². The van der Waals surface area contributed by atoms with E-state index in [1.807, 2.05) is 47.2 Å². The fourth-order valence-electron chi connectivity index (χ4n) is 3.08. The van der Waals surface area contributed by atoms with Crippen molar-refractivity contribution in [2.75, 3.05) is 0 Å². The van der Waals surface area contributed by atoms with Crippen molar-refractivity contribution in [3.05, 3.63) is 101 Å². The van der Waals surface area contributed by atoms with E-state index >= 15 is 0 Å². The molecule has 2 aromatic carbocycles. The Morgan fingerprint density at radius 3 is 2.29 bits per heavy atom. The highest BCUT2D eigenvalue weighted by molar-refractivity contribution is 9.10. The van der Waals surface area contributed by atoms with Crippen LogP contribution in [0.15, 0.2) is 80.4 Å². The number of hydrogen-bond donors (Lipinski definition) is 1. The zero-order chi connectivity index (χ0) is 25.4. The van der Waals surface area contributed by atoms with Crippen molar-refractivity contribution in [2.45, 2.75) is 19.4 Å². The predicted octanol–water partition coefficient (Wildman–Crippen LogP) is 8.14. The van der Waals surface area contributed by atoms with Crippen LogP contribution in [0.4, 0.5) is 0 Å². The van der Waals surface area contributed by atoms with Crippen LogP contribution in [-0.2, 0) is 0 Å². The molecule has 0 bridgehead atoms. The van der Waals surface area contributed by atoms with E-state index in [1.165, 1.54) is 24.3 Å². The lowest BCUT2D eigenvalue weighted by molar-refractivity contribution is 0.0853. The average molecular weight is 636 g/mol. The number of carbonyl (C=O) groups excluding carboxylic acids is 3. The van der Waals surface area contributed by atoms with Gasteiger partial charge in [0.25, 0.3) is 0 Å². The first-order chi connectivity index (χ1) is 16.8. The first kappa shape index (κ1) is 27.0. The van der Waals surface area contributed by atoms with Crippen molar-refractivity contribution in [3.63, 3.8) is 0 Å². The van der Waals surface area contributed by atoms with Gasteiger partial charge < -0.3 is 9.84 Å². The van der Waals surface area contributed by atoms with Gasteiger partial charge in [0.2, 0.25) is 0 Å². The zero-order valence-corrected chi connectivity index (χ0v) is 23.2. The summed E-state index contributed by atoms with van der Waals surface area (Å²) in [5.74, 6) is 0.721. The van der Waals surface area contributed by atoms with Crippen LogP contribution in [0.25, 0.3) is 0 Å². The van der Waals surface area contributed by atoms with Crippen molar-refractivity contribution in [1.82, 2.24) is 0 Å². The lowest BCUT2D eigenvalue weighted by Crippen LogP contribution is -2.19. The number of ether oxygens (including phenoxy) is 1. The van der Waals surface area contributed by atoms with Crippen molar-refractivity contribution in [1.29, 1.82) is 0 Å². The Morgan fingerprint density at radius 1 is 1.03 bits per heavy atom. The van der Waals surface area contributed by atoms with E-state index in [2.05, 4.69) is 31.9 Å². The molecular weight excluding hydrogens is 616 g/mol. The number of aldehydes is 1. The van der Waals surface area contributed by atoms with Gasteiger partial charge in [-0.25, -0.2) is 0 Å². The zero-order valence-electron chi connectivity index (χ0n) is 18.4. The first-order valence-corrected chi connectivity index (χ1v) is 13.6. The smallest absolute Gasteiger partial charge is 0.170 e. The Balaban J connectivity index is 0.000000163. The van der Waals surface area contributed by atoms with Gasteiger partial charge in [-0.2, -0.15) is 0 Å². The SMILES string of the molecule is CC(=O)c1cc(Br)ccc1O.O=C1CC(c2cccs2)Oc2ccc(Br)cc21.O=Cc1cccs1. The molecule has 2 aromatic heterocycles. The molecule has 0 fully saturated rings. The number of fused-ring (bicyclic) bond motifs is 1. The minimum Gasteiger partial charge on any atom is -0.507 e. The first-order valence-electron chi connectivity index (χ1n) is 10.3. The van der Waals surface area contributed by atoms with E-state index in [-0.39, 0.29) is 23.4 Å². The van der Waals surface area contributed by atoms with Crippen molar-refractivity contribution in [2.24, 2.45) is 0 Å². The van der Waals surface area contributed by atoms with Gasteiger partial charge in [0, 0.05) is 13.8 Å². The Morgan fingerprint density at radius 2 is 1.71 bits per heavy atom. The van der Waals surface area contributed by atoms with Gasteiger partial charge in [-0.3, -0.25) is 14.4 Å². The molecular formula is C26H20Br2O5S2. The molecule has 0 saturated carbocycles. The Hall–Kier alpha value is -2.59. The quantitative estimate of drug-likeness (QED) is 0.182. The fourth-order valence-corrected chi connectivity index (χ4v) is 5.08. The summed E-state index contributed by atoms with van der Waals surface area (Å²) in [7, 11) is 0. The molecule has 0 saturated heterocycles. The molecule has 0 radical (unpaired) electrons. The van der Waals surface area contributed by atoms with E-state index in [9.17, 15) is 14.4 Å². The summed E-state index contributed by atoms with van der Waals surface area (Å²) in [5, 5.41) is 13.0. The number of phenolic OH excluding ortho intramolecular Hbond substituents is 1. The maximum absolute atomic E-state index is 12.0. The number of aromatic hydroxyl groups is 1. The standard InChI is InChI=1S/C13H9BrO2S.C8H7BrO2.C5H4OS/c14-8-3-4-11-9(6-8)10(15)7-12(16-11)13-2-1-5-17-13;1-5(10)7-4-6(9)2-3-8(7)11;6-4-5-2-1-3-7-5/h1-6,12H,7H2;2-4,11H,1H3;1-4H. The van der Waals surface area contributed by atoms with Crippen LogP contribution >= 0.6 is 54.5 Å². The van der Waals surface area contributed by atoms with Gasteiger partial charge in [0.15, 0.2) is 17.9 Å². The van der Waals surface area contributed by atoms with Crippen LogP contribution < -0.4 is 4.74 Å². The maximum atomic E-state index is 12.0. The molecule has 0 aliphatic carbocycles. The van der Waals surface area contributed by atoms with Gasteiger partial charge in [0.05, 0.1) is 22.4 Å². The number of rotatable bonds is 3. The van der Waals surface area contributed by atoms with Crippen LogP contribution in [0.1, 0.15) is 54.7 Å². The van der Waals surface area contributed by atoms with Crippen molar-refractivity contribution < 1.29 is 24.2 Å². The minimum atomic E-state index is -0.135. The number of thiophene rings is 2. The maximum Gasteiger partial charge on any atom is 0.170 e. The van der Waals surface area contributed by atoms with Gasteiger partial charge in [0.1, 0.15) is 17.6 Å². The van der Waals surface area contributed by atoms with Crippen molar-refractivity contribution >= 4 is 72.4 Å². The average Bonchev–Trinajstić information content (AvgIpc) is 3.56. The summed E-state index contributed by atoms with van der Waals surface area (Å²) in [6.07, 6.45) is 1.14. The third-order valence-electron chi connectivity index (χ3n) is 4.74. The highest BCUT2D eigenvalue weighted by Gasteiger charge is 2.28. The molecule has 180 valence electrons. The lowest BCUT2D eigenvalue weighted by atomic mass is 10.00. The summed E-state index contributed by atoms with van der Waals surface area (Å²) in [6, 6.07) is 18.0. The van der Waals surface area contributed by atoms with Crippen LogP contribution in [0.2, 0.25) is 0 Å². The highest BCUT2D eigenvalue weighted by Crippen LogP contribution is 2.37. The molecule has 5 nitrogen and oxygen atoms in total. The lowest BCUT2D eigenvalue weighted by Gasteiger charge is -2.24. The van der Waals surface area contributed by atoms with Gasteiger partial charge in [-0.1, -0.05) is 44.0 Å². The van der Waals surface area contributed by atoms with E-state index < -0.39 is 0 Å². The van der Waals surface area contributed by atoms with Gasteiger partial charge in [-0.05, 0) is 66.2 Å². The fraction of sp³-hybridized carbons (Fsp3) is 0.115. The summed E-state index contributed by atoms with van der Waals surface area (Å²) in [5.41, 5.74) is 1.02. The monoisotopic (exact) mass is 634 g/mol. The normalized spacial score (nSPS) is 13.8. The van der Waals surface area contributed by atoms with E-state index in [4.69, 9.17) is 9.84 Å². The molecule has 4 aromatic rings. The molecule has 5 rings (SSSR count). The predicted molar refractivity (Wildman–Crippen MR) is 146 cm³/mol. The molecule has 0 amide bonds. The Bertz CT molecular complexity index is 1300. The highest BCUT2D eigenvalue weighted by atomic mass is 79.9. The summed E-state index contributed by atoms with van der Waals surface area (Å²) >= 11 is 9.64. The summed E-state index contributed by atoms with van der Waals surface area (Å²) < 4.78 is 7.57. The second kappa shape index (κ2) is 12.9.